The second kappa shape index (κ2) is 12.9. The zero-order chi connectivity index (χ0) is 31.5. The van der Waals surface area contributed by atoms with Crippen molar-refractivity contribution in [2.45, 2.75) is 50.4 Å². The maximum atomic E-state index is 2.42. The molecule has 1 nitrogen and oxygen atoms in total. The number of rotatable bonds is 6. The molecule has 0 amide bonds. The Hall–Kier alpha value is -5.14. The Labute approximate surface area is 279 Å². The second-order valence-corrected chi connectivity index (χ2v) is 13.2. The van der Waals surface area contributed by atoms with E-state index in [0.717, 1.165) is 5.69 Å². The van der Waals surface area contributed by atoms with Crippen LogP contribution in [0.2, 0.25) is 0 Å². The van der Waals surface area contributed by atoms with Crippen LogP contribution in [0.15, 0.2) is 164 Å². The Morgan fingerprint density at radius 1 is 0.340 bits per heavy atom. The molecule has 1 heteroatoms. The fraction of sp³-hybridized carbons (Fsp3) is 0.174. The fourth-order valence-electron chi connectivity index (χ4n) is 7.87. The number of fused-ring (bicyclic) bond motifs is 2. The molecule has 1 aliphatic rings. The molecule has 8 rings (SSSR count). The maximum absolute atomic E-state index is 2.42. The molecule has 0 N–H and O–H groups in total. The van der Waals surface area contributed by atoms with Gasteiger partial charge in [0.2, 0.25) is 0 Å². The molecule has 0 radical (unpaired) electrons. The standard InChI is InChI=1S/C46H41N/c1-2-11-31-46(32-12-3-1,41-17-5-4-6-18-41)42-24-29-44(30-25-42)47(45-28-23-36-14-8-10-16-39(36)34-45)43-26-21-37(22-27-43)40-20-19-35-13-7-9-15-38(35)33-40/h4-10,13-30,33-34H,1-3,11-12,31-32H2. The Kier molecular flexibility index (Phi) is 8.05. The SMILES string of the molecule is c1ccc(C2(c3ccc(N(c4ccc(-c5ccc6ccccc6c5)cc4)c4ccc5ccccc5c4)cc3)CCCCCCC2)cc1. The van der Waals surface area contributed by atoms with Crippen LogP contribution in [-0.4, -0.2) is 0 Å². The van der Waals surface area contributed by atoms with Crippen LogP contribution < -0.4 is 4.90 Å². The monoisotopic (exact) mass is 607 g/mol. The summed E-state index contributed by atoms with van der Waals surface area (Å²) in [6.45, 7) is 0. The summed E-state index contributed by atoms with van der Waals surface area (Å²) >= 11 is 0. The first-order valence-electron chi connectivity index (χ1n) is 17.3. The van der Waals surface area contributed by atoms with Crippen molar-refractivity contribution >= 4 is 38.6 Å². The van der Waals surface area contributed by atoms with Gasteiger partial charge in [-0.15, -0.1) is 0 Å². The normalized spacial score (nSPS) is 14.8. The van der Waals surface area contributed by atoms with Gasteiger partial charge >= 0.3 is 0 Å². The van der Waals surface area contributed by atoms with Crippen molar-refractivity contribution in [1.29, 1.82) is 0 Å². The third kappa shape index (κ3) is 5.83. The molecule has 0 aliphatic heterocycles. The molecule has 1 aliphatic carbocycles. The lowest BCUT2D eigenvalue weighted by Gasteiger charge is -2.37. The number of hydrogen-bond acceptors (Lipinski definition) is 1. The van der Waals surface area contributed by atoms with Crippen molar-refractivity contribution in [2.75, 3.05) is 4.90 Å². The third-order valence-corrected chi connectivity index (χ3v) is 10.4. The van der Waals surface area contributed by atoms with Crippen molar-refractivity contribution < 1.29 is 0 Å². The summed E-state index contributed by atoms with van der Waals surface area (Å²) in [6, 6.07) is 60.7. The topological polar surface area (TPSA) is 3.24 Å². The molecule has 1 fully saturated rings. The number of hydrogen-bond donors (Lipinski definition) is 0. The van der Waals surface area contributed by atoms with E-state index in [1.807, 2.05) is 0 Å². The van der Waals surface area contributed by atoms with Gasteiger partial charge in [0, 0.05) is 22.5 Å². The molecule has 230 valence electrons. The van der Waals surface area contributed by atoms with E-state index in [1.165, 1.54) is 100 Å². The largest absolute Gasteiger partial charge is 0.310 e. The van der Waals surface area contributed by atoms with Gasteiger partial charge in [-0.2, -0.15) is 0 Å². The lowest BCUT2D eigenvalue weighted by atomic mass is 9.67. The summed E-state index contributed by atoms with van der Waals surface area (Å²) in [5, 5.41) is 5.04. The van der Waals surface area contributed by atoms with Gasteiger partial charge in [-0.1, -0.05) is 153 Å². The Balaban J connectivity index is 1.20. The first-order valence-corrected chi connectivity index (χ1v) is 17.3. The highest BCUT2D eigenvalue weighted by Crippen LogP contribution is 2.45. The van der Waals surface area contributed by atoms with Crippen molar-refractivity contribution in [1.82, 2.24) is 0 Å². The van der Waals surface area contributed by atoms with Crippen LogP contribution in [0.1, 0.15) is 56.1 Å². The van der Waals surface area contributed by atoms with E-state index in [9.17, 15) is 0 Å². The lowest BCUT2D eigenvalue weighted by Crippen LogP contribution is -2.29. The van der Waals surface area contributed by atoms with Crippen LogP contribution in [0.4, 0.5) is 17.1 Å². The molecule has 0 spiro atoms. The number of nitrogens with zero attached hydrogens (tertiary/aromatic N) is 1. The van der Waals surface area contributed by atoms with E-state index >= 15 is 0 Å². The summed E-state index contributed by atoms with van der Waals surface area (Å²) in [5.41, 5.74) is 8.93. The molecule has 47 heavy (non-hydrogen) atoms. The summed E-state index contributed by atoms with van der Waals surface area (Å²) in [4.78, 5) is 2.41. The average Bonchev–Trinajstić information content (AvgIpc) is 3.13. The molecule has 1 saturated carbocycles. The molecule has 0 saturated heterocycles. The van der Waals surface area contributed by atoms with Gasteiger partial charge < -0.3 is 4.90 Å². The van der Waals surface area contributed by atoms with E-state index in [-0.39, 0.29) is 5.41 Å². The zero-order valence-corrected chi connectivity index (χ0v) is 27.0. The summed E-state index contributed by atoms with van der Waals surface area (Å²) < 4.78 is 0. The van der Waals surface area contributed by atoms with Crippen LogP contribution >= 0.6 is 0 Å². The Bertz CT molecular complexity index is 2100. The molecular weight excluding hydrogens is 567 g/mol. The van der Waals surface area contributed by atoms with Crippen LogP contribution in [0, 0.1) is 0 Å². The molecule has 0 heterocycles. The van der Waals surface area contributed by atoms with Crippen molar-refractivity contribution in [2.24, 2.45) is 0 Å². The van der Waals surface area contributed by atoms with Gasteiger partial charge in [0.15, 0.2) is 0 Å². The van der Waals surface area contributed by atoms with Crippen LogP contribution in [0.3, 0.4) is 0 Å². The third-order valence-electron chi connectivity index (χ3n) is 10.4. The molecule has 7 aromatic carbocycles. The summed E-state index contributed by atoms with van der Waals surface area (Å²) in [7, 11) is 0. The molecule has 0 atom stereocenters. The minimum Gasteiger partial charge on any atom is -0.310 e. The molecular formula is C46H41N. The molecule has 0 unspecified atom stereocenters. The highest BCUT2D eigenvalue weighted by Gasteiger charge is 2.34. The second-order valence-electron chi connectivity index (χ2n) is 13.2. The zero-order valence-electron chi connectivity index (χ0n) is 27.0. The number of anilines is 3. The van der Waals surface area contributed by atoms with E-state index in [1.54, 1.807) is 0 Å². The minimum atomic E-state index is 0.0650. The molecule has 0 bridgehead atoms. The van der Waals surface area contributed by atoms with Crippen LogP contribution in [0.25, 0.3) is 32.7 Å². The van der Waals surface area contributed by atoms with Crippen LogP contribution in [0.5, 0.6) is 0 Å². The minimum absolute atomic E-state index is 0.0650. The Morgan fingerprint density at radius 2 is 0.809 bits per heavy atom. The quantitative estimate of drug-likeness (QED) is 0.182. The first kappa shape index (κ1) is 29.3. The summed E-state index contributed by atoms with van der Waals surface area (Å²) in [5.74, 6) is 0. The smallest absolute Gasteiger partial charge is 0.0468 e. The highest BCUT2D eigenvalue weighted by atomic mass is 15.1. The predicted molar refractivity (Wildman–Crippen MR) is 201 cm³/mol. The Morgan fingerprint density at radius 3 is 1.47 bits per heavy atom. The first-order chi connectivity index (χ1) is 23.3. The van der Waals surface area contributed by atoms with Gasteiger partial charge in [0.05, 0.1) is 0 Å². The van der Waals surface area contributed by atoms with Crippen LogP contribution in [-0.2, 0) is 5.41 Å². The van der Waals surface area contributed by atoms with E-state index in [2.05, 4.69) is 169 Å². The predicted octanol–water partition coefficient (Wildman–Crippen LogP) is 13.2. The van der Waals surface area contributed by atoms with E-state index in [0.29, 0.717) is 0 Å². The van der Waals surface area contributed by atoms with Crippen molar-refractivity contribution in [3.63, 3.8) is 0 Å². The van der Waals surface area contributed by atoms with Crippen molar-refractivity contribution in [3.05, 3.63) is 175 Å². The van der Waals surface area contributed by atoms with Gasteiger partial charge in [0.25, 0.3) is 0 Å². The van der Waals surface area contributed by atoms with Gasteiger partial charge in [0.1, 0.15) is 0 Å². The maximum Gasteiger partial charge on any atom is 0.0468 e. The molecule has 7 aromatic rings. The lowest BCUT2D eigenvalue weighted by molar-refractivity contribution is 0.366. The van der Waals surface area contributed by atoms with E-state index < -0.39 is 0 Å². The van der Waals surface area contributed by atoms with E-state index in [4.69, 9.17) is 0 Å². The van der Waals surface area contributed by atoms with Crippen molar-refractivity contribution in [3.8, 4) is 11.1 Å². The highest BCUT2D eigenvalue weighted by molar-refractivity contribution is 5.90. The summed E-state index contributed by atoms with van der Waals surface area (Å²) in [6.07, 6.45) is 9.01. The van der Waals surface area contributed by atoms with Gasteiger partial charge in [-0.3, -0.25) is 0 Å². The van der Waals surface area contributed by atoms with Gasteiger partial charge in [-0.25, -0.2) is 0 Å². The fourth-order valence-corrected chi connectivity index (χ4v) is 7.87. The average molecular weight is 608 g/mol. The van der Waals surface area contributed by atoms with Gasteiger partial charge in [-0.05, 0) is 99.1 Å². The number of benzene rings is 7. The molecule has 0 aromatic heterocycles.